The van der Waals surface area contributed by atoms with E-state index in [1.807, 2.05) is 7.05 Å². The number of aliphatic imine (C=N–C) groups is 1. The van der Waals surface area contributed by atoms with Gasteiger partial charge in [0.15, 0.2) is 5.96 Å². The zero-order valence-electron chi connectivity index (χ0n) is 18.7. The quantitative estimate of drug-likeness (QED) is 0.442. The van der Waals surface area contributed by atoms with Gasteiger partial charge >= 0.3 is 0 Å². The molecule has 1 aliphatic rings. The Hall–Kier alpha value is -2.08. The Bertz CT molecular complexity index is 633. The van der Waals surface area contributed by atoms with Gasteiger partial charge in [-0.2, -0.15) is 0 Å². The number of hydrogen-bond acceptors (Lipinski definition) is 3. The fourth-order valence-corrected chi connectivity index (χ4v) is 3.86. The van der Waals surface area contributed by atoms with Gasteiger partial charge in [0.2, 0.25) is 5.91 Å². The molecule has 29 heavy (non-hydrogen) atoms. The second-order valence-corrected chi connectivity index (χ2v) is 8.01. The predicted octanol–water partition coefficient (Wildman–Crippen LogP) is 2.85. The fourth-order valence-electron chi connectivity index (χ4n) is 3.86. The summed E-state index contributed by atoms with van der Waals surface area (Å²) < 4.78 is 0. The molecule has 0 spiro atoms. The van der Waals surface area contributed by atoms with Crippen molar-refractivity contribution in [2.24, 2.45) is 4.99 Å². The smallest absolute Gasteiger partial charge is 0.222 e. The summed E-state index contributed by atoms with van der Waals surface area (Å²) in [5.41, 5.74) is 1.34. The summed E-state index contributed by atoms with van der Waals surface area (Å²) in [6, 6.07) is 11.4. The van der Waals surface area contributed by atoms with Crippen LogP contribution in [-0.2, 0) is 11.3 Å². The lowest BCUT2D eigenvalue weighted by Gasteiger charge is -2.27. The van der Waals surface area contributed by atoms with Crippen LogP contribution in [-0.4, -0.2) is 67.5 Å². The van der Waals surface area contributed by atoms with Crippen LogP contribution in [0.25, 0.3) is 0 Å². The summed E-state index contributed by atoms with van der Waals surface area (Å²) in [5, 5.41) is 6.82. The van der Waals surface area contributed by atoms with Crippen molar-refractivity contribution in [1.29, 1.82) is 0 Å². The summed E-state index contributed by atoms with van der Waals surface area (Å²) in [4.78, 5) is 20.7. The van der Waals surface area contributed by atoms with E-state index in [0.29, 0.717) is 24.4 Å². The second kappa shape index (κ2) is 12.5. The molecule has 6 nitrogen and oxygen atoms in total. The summed E-state index contributed by atoms with van der Waals surface area (Å²) in [7, 11) is 3.98. The Morgan fingerprint density at radius 1 is 1.21 bits per heavy atom. The molecule has 1 saturated heterocycles. The van der Waals surface area contributed by atoms with Crippen LogP contribution in [0.2, 0.25) is 0 Å². The first kappa shape index (κ1) is 23.2. The number of rotatable bonds is 11. The molecule has 1 fully saturated rings. The predicted molar refractivity (Wildman–Crippen MR) is 121 cm³/mol. The maximum absolute atomic E-state index is 12.0. The number of benzene rings is 1. The van der Waals surface area contributed by atoms with Crippen LogP contribution < -0.4 is 10.6 Å². The molecule has 0 aromatic heterocycles. The summed E-state index contributed by atoms with van der Waals surface area (Å²) in [5.74, 6) is 1.15. The first-order chi connectivity index (χ1) is 14.0. The highest BCUT2D eigenvalue weighted by molar-refractivity contribution is 5.79. The third kappa shape index (κ3) is 7.69. The topological polar surface area (TPSA) is 60.0 Å². The minimum atomic E-state index is 0.313. The maximum atomic E-state index is 12.0. The molecule has 2 unspecified atom stereocenters. The largest absolute Gasteiger partial charge is 0.356 e. The molecule has 6 heteroatoms. The normalized spacial score (nSPS) is 16.9. The van der Waals surface area contributed by atoms with Crippen molar-refractivity contribution in [1.82, 2.24) is 20.4 Å². The van der Waals surface area contributed by atoms with E-state index in [0.717, 1.165) is 57.8 Å². The van der Waals surface area contributed by atoms with Crippen molar-refractivity contribution in [3.63, 3.8) is 0 Å². The number of amides is 1. The highest BCUT2D eigenvalue weighted by Gasteiger charge is 2.26. The number of guanidine groups is 1. The zero-order valence-corrected chi connectivity index (χ0v) is 18.7. The van der Waals surface area contributed by atoms with E-state index in [4.69, 9.17) is 0 Å². The van der Waals surface area contributed by atoms with E-state index < -0.39 is 0 Å². The molecule has 0 aliphatic carbocycles. The molecule has 2 atom stereocenters. The first-order valence-electron chi connectivity index (χ1n) is 11.0. The lowest BCUT2D eigenvalue weighted by atomic mass is 10.1. The maximum Gasteiger partial charge on any atom is 0.222 e. The number of hydrogen-bond donors (Lipinski definition) is 2. The average Bonchev–Trinajstić information content (AvgIpc) is 3.16. The van der Waals surface area contributed by atoms with Gasteiger partial charge in [-0.15, -0.1) is 0 Å². The monoisotopic (exact) mass is 401 g/mol. The number of likely N-dealkylation sites (tertiary alicyclic amines) is 1. The van der Waals surface area contributed by atoms with Crippen molar-refractivity contribution in [2.75, 3.05) is 33.7 Å². The Labute approximate surface area is 176 Å². The van der Waals surface area contributed by atoms with Gasteiger partial charge < -0.3 is 15.5 Å². The molecule has 1 amide bonds. The Morgan fingerprint density at radius 3 is 2.48 bits per heavy atom. The number of carbonyl (C=O) groups excluding carboxylic acids is 1. The molecule has 1 aromatic rings. The minimum absolute atomic E-state index is 0.313. The molecule has 162 valence electrons. The molecule has 0 bridgehead atoms. The number of carbonyl (C=O) groups is 1. The van der Waals surface area contributed by atoms with E-state index in [1.165, 1.54) is 5.56 Å². The van der Waals surface area contributed by atoms with E-state index in [9.17, 15) is 4.79 Å². The Kier molecular flexibility index (Phi) is 9.98. The molecule has 2 N–H and O–H groups in total. The van der Waals surface area contributed by atoms with Crippen molar-refractivity contribution in [3.8, 4) is 0 Å². The average molecular weight is 402 g/mol. The first-order valence-corrected chi connectivity index (χ1v) is 11.0. The van der Waals surface area contributed by atoms with Gasteiger partial charge in [0.25, 0.3) is 0 Å². The number of nitrogens with zero attached hydrogens (tertiary/aromatic N) is 3. The SMILES string of the molecule is CCC(CCNC(=NC)NCCC(C)N(C)Cc1ccccc1)N1CCCC1=O. The molecular weight excluding hydrogens is 362 g/mol. The molecular formula is C23H39N5O. The molecule has 0 saturated carbocycles. The van der Waals surface area contributed by atoms with Gasteiger partial charge in [0.1, 0.15) is 0 Å². The third-order valence-electron chi connectivity index (χ3n) is 5.90. The summed E-state index contributed by atoms with van der Waals surface area (Å²) >= 11 is 0. The van der Waals surface area contributed by atoms with E-state index in [-0.39, 0.29) is 0 Å². The van der Waals surface area contributed by atoms with Crippen molar-refractivity contribution in [3.05, 3.63) is 35.9 Å². The van der Waals surface area contributed by atoms with Crippen LogP contribution >= 0.6 is 0 Å². The van der Waals surface area contributed by atoms with Crippen LogP contribution in [0.1, 0.15) is 51.5 Å². The van der Waals surface area contributed by atoms with Crippen LogP contribution in [0, 0.1) is 0 Å². The van der Waals surface area contributed by atoms with Crippen molar-refractivity contribution in [2.45, 2.75) is 64.6 Å². The lowest BCUT2D eigenvalue weighted by molar-refractivity contribution is -0.129. The zero-order chi connectivity index (χ0) is 21.1. The van der Waals surface area contributed by atoms with E-state index >= 15 is 0 Å². The van der Waals surface area contributed by atoms with Gasteiger partial charge in [-0.25, -0.2) is 0 Å². The standard InChI is InChI=1S/C23H39N5O/c1-5-21(28-17-9-12-22(28)29)14-16-26-23(24-3)25-15-13-19(2)27(4)18-20-10-7-6-8-11-20/h6-8,10-11,19,21H,5,9,12-18H2,1-4H3,(H2,24,25,26). The van der Waals surface area contributed by atoms with Crippen LogP contribution in [0.5, 0.6) is 0 Å². The van der Waals surface area contributed by atoms with Crippen LogP contribution in [0.3, 0.4) is 0 Å². The third-order valence-corrected chi connectivity index (χ3v) is 5.90. The Balaban J connectivity index is 1.65. The van der Waals surface area contributed by atoms with Gasteiger partial charge in [0.05, 0.1) is 0 Å². The highest BCUT2D eigenvalue weighted by Crippen LogP contribution is 2.17. The molecule has 1 aliphatic heterocycles. The van der Waals surface area contributed by atoms with Crippen LogP contribution in [0.4, 0.5) is 0 Å². The molecule has 2 rings (SSSR count). The number of nitrogens with one attached hydrogen (secondary N) is 2. The molecule has 1 heterocycles. The van der Waals surface area contributed by atoms with Crippen molar-refractivity contribution >= 4 is 11.9 Å². The van der Waals surface area contributed by atoms with E-state index in [2.05, 4.69) is 76.7 Å². The van der Waals surface area contributed by atoms with Gasteiger partial charge in [-0.05, 0) is 45.2 Å². The van der Waals surface area contributed by atoms with Crippen molar-refractivity contribution < 1.29 is 4.79 Å². The fraction of sp³-hybridized carbons (Fsp3) is 0.652. The molecule has 0 radical (unpaired) electrons. The minimum Gasteiger partial charge on any atom is -0.356 e. The lowest BCUT2D eigenvalue weighted by Crippen LogP contribution is -2.43. The molecule has 1 aromatic carbocycles. The summed E-state index contributed by atoms with van der Waals surface area (Å²) in [6.07, 6.45) is 4.72. The highest BCUT2D eigenvalue weighted by atomic mass is 16.2. The Morgan fingerprint density at radius 2 is 1.90 bits per heavy atom. The second-order valence-electron chi connectivity index (χ2n) is 8.01. The van der Waals surface area contributed by atoms with Crippen LogP contribution in [0.15, 0.2) is 35.3 Å². The summed E-state index contributed by atoms with van der Waals surface area (Å²) in [6.45, 7) is 8.00. The van der Waals surface area contributed by atoms with Gasteiger partial charge in [-0.3, -0.25) is 14.7 Å². The van der Waals surface area contributed by atoms with E-state index in [1.54, 1.807) is 0 Å². The van der Waals surface area contributed by atoms with Gasteiger partial charge in [-0.1, -0.05) is 37.3 Å². The van der Waals surface area contributed by atoms with Gasteiger partial charge in [0, 0.05) is 51.7 Å².